The highest BCUT2D eigenvalue weighted by Crippen LogP contribution is 2.40. The van der Waals surface area contributed by atoms with E-state index in [0.29, 0.717) is 28.5 Å². The Kier molecular flexibility index (Phi) is 7.60. The Hall–Kier alpha value is -3.94. The Balaban J connectivity index is 1.90. The number of para-hydroxylation sites is 1. The molecule has 1 saturated carbocycles. The minimum absolute atomic E-state index is 0.0486. The van der Waals surface area contributed by atoms with Crippen LogP contribution in [0.3, 0.4) is 0 Å². The van der Waals surface area contributed by atoms with Gasteiger partial charge in [0.1, 0.15) is 11.8 Å². The number of amides is 2. The van der Waals surface area contributed by atoms with Crippen molar-refractivity contribution in [1.29, 1.82) is 0 Å². The summed E-state index contributed by atoms with van der Waals surface area (Å²) in [5.74, 6) is 0.702. The number of rotatable bonds is 9. The largest absolute Gasteiger partial charge is 0.497 e. The van der Waals surface area contributed by atoms with Gasteiger partial charge >= 0.3 is 0 Å². The first-order chi connectivity index (χ1) is 17.1. The Morgan fingerprint density at radius 3 is 2.40 bits per heavy atom. The van der Waals surface area contributed by atoms with E-state index in [1.165, 1.54) is 25.4 Å². The zero-order chi connectivity index (χ0) is 24.8. The quantitative estimate of drug-likeness (QED) is 0.477. The highest BCUT2D eigenvalue weighted by atomic mass is 16.5. The van der Waals surface area contributed by atoms with E-state index in [2.05, 4.69) is 5.32 Å². The van der Waals surface area contributed by atoms with Crippen LogP contribution in [0, 0.1) is 0 Å². The zero-order valence-corrected chi connectivity index (χ0v) is 20.2. The van der Waals surface area contributed by atoms with Crippen LogP contribution in [-0.2, 0) is 4.79 Å². The Morgan fingerprint density at radius 1 is 0.971 bits per heavy atom. The van der Waals surface area contributed by atoms with E-state index >= 15 is 0 Å². The average molecular weight is 479 g/mol. The van der Waals surface area contributed by atoms with E-state index in [1.54, 1.807) is 61.7 Å². The molecule has 0 saturated heterocycles. The molecule has 8 heteroatoms. The van der Waals surface area contributed by atoms with E-state index in [-0.39, 0.29) is 17.7 Å². The van der Waals surface area contributed by atoms with E-state index < -0.39 is 11.9 Å². The second kappa shape index (κ2) is 11.0. The van der Waals surface area contributed by atoms with Crippen molar-refractivity contribution in [3.05, 3.63) is 72.2 Å². The summed E-state index contributed by atoms with van der Waals surface area (Å²) < 4.78 is 22.0. The van der Waals surface area contributed by atoms with E-state index in [9.17, 15) is 9.59 Å². The third-order valence-corrected chi connectivity index (χ3v) is 6.22. The van der Waals surface area contributed by atoms with E-state index in [0.717, 1.165) is 25.7 Å². The molecule has 1 fully saturated rings. The van der Waals surface area contributed by atoms with E-state index in [4.69, 9.17) is 18.6 Å². The molecule has 1 unspecified atom stereocenters. The molecule has 35 heavy (non-hydrogen) atoms. The van der Waals surface area contributed by atoms with Crippen LogP contribution in [0.25, 0.3) is 0 Å². The van der Waals surface area contributed by atoms with Gasteiger partial charge in [0.2, 0.25) is 5.91 Å². The lowest BCUT2D eigenvalue weighted by molar-refractivity contribution is -0.123. The van der Waals surface area contributed by atoms with Crippen LogP contribution in [-0.4, -0.2) is 39.2 Å². The summed E-state index contributed by atoms with van der Waals surface area (Å²) >= 11 is 0. The summed E-state index contributed by atoms with van der Waals surface area (Å²) in [7, 11) is 4.59. The molecular weight excluding hydrogens is 448 g/mol. The van der Waals surface area contributed by atoms with Crippen molar-refractivity contribution in [3.8, 4) is 17.2 Å². The Bertz CT molecular complexity index is 1150. The van der Waals surface area contributed by atoms with Crippen LogP contribution in [0.5, 0.6) is 17.2 Å². The predicted molar refractivity (Wildman–Crippen MR) is 131 cm³/mol. The fourth-order valence-electron chi connectivity index (χ4n) is 4.54. The van der Waals surface area contributed by atoms with Gasteiger partial charge in [-0.15, -0.1) is 0 Å². The third-order valence-electron chi connectivity index (χ3n) is 6.22. The van der Waals surface area contributed by atoms with Gasteiger partial charge in [-0.2, -0.15) is 0 Å². The maximum absolute atomic E-state index is 13.9. The van der Waals surface area contributed by atoms with Crippen LogP contribution in [0.15, 0.2) is 65.3 Å². The first-order valence-corrected chi connectivity index (χ1v) is 11.6. The van der Waals surface area contributed by atoms with Crippen molar-refractivity contribution in [3.63, 3.8) is 0 Å². The van der Waals surface area contributed by atoms with Crippen LogP contribution in [0.4, 0.5) is 5.69 Å². The lowest BCUT2D eigenvalue weighted by Gasteiger charge is -2.32. The molecule has 0 spiro atoms. The number of anilines is 1. The van der Waals surface area contributed by atoms with Gasteiger partial charge in [0.05, 0.1) is 27.6 Å². The molecule has 1 aliphatic carbocycles. The summed E-state index contributed by atoms with van der Waals surface area (Å²) in [4.78, 5) is 29.2. The van der Waals surface area contributed by atoms with Gasteiger partial charge < -0.3 is 23.9 Å². The van der Waals surface area contributed by atoms with Crippen LogP contribution >= 0.6 is 0 Å². The van der Waals surface area contributed by atoms with Crippen LogP contribution in [0.1, 0.15) is 47.8 Å². The molecule has 184 valence electrons. The number of carbonyl (C=O) groups excluding carboxylic acids is 2. The van der Waals surface area contributed by atoms with Crippen molar-refractivity contribution in [2.75, 3.05) is 26.2 Å². The van der Waals surface area contributed by atoms with Crippen LogP contribution < -0.4 is 24.4 Å². The summed E-state index contributed by atoms with van der Waals surface area (Å²) in [6.07, 6.45) is 5.35. The Labute approximate surface area is 204 Å². The number of hydrogen-bond acceptors (Lipinski definition) is 6. The van der Waals surface area contributed by atoms with Gasteiger partial charge in [0, 0.05) is 23.4 Å². The minimum Gasteiger partial charge on any atom is -0.497 e. The molecule has 8 nitrogen and oxygen atoms in total. The highest BCUT2D eigenvalue weighted by Gasteiger charge is 2.38. The van der Waals surface area contributed by atoms with Crippen molar-refractivity contribution >= 4 is 17.5 Å². The maximum Gasteiger partial charge on any atom is 0.294 e. The van der Waals surface area contributed by atoms with E-state index in [1.807, 2.05) is 0 Å². The van der Waals surface area contributed by atoms with Crippen molar-refractivity contribution < 1.29 is 28.2 Å². The minimum atomic E-state index is -1.06. The number of nitrogens with one attached hydrogen (secondary N) is 1. The maximum atomic E-state index is 13.9. The first kappa shape index (κ1) is 24.2. The molecule has 2 aromatic carbocycles. The summed E-state index contributed by atoms with van der Waals surface area (Å²) in [6.45, 7) is 0. The lowest BCUT2D eigenvalue weighted by Crippen LogP contribution is -2.46. The van der Waals surface area contributed by atoms with Gasteiger partial charge in [-0.1, -0.05) is 31.0 Å². The molecule has 0 bridgehead atoms. The smallest absolute Gasteiger partial charge is 0.294 e. The summed E-state index contributed by atoms with van der Waals surface area (Å²) in [5.41, 5.74) is 0.965. The van der Waals surface area contributed by atoms with Gasteiger partial charge in [0.15, 0.2) is 17.3 Å². The molecule has 3 aromatic rings. The zero-order valence-electron chi connectivity index (χ0n) is 20.2. The molecule has 1 heterocycles. The number of hydrogen-bond donors (Lipinski definition) is 1. The van der Waals surface area contributed by atoms with Crippen molar-refractivity contribution in [2.24, 2.45) is 0 Å². The second-order valence-corrected chi connectivity index (χ2v) is 8.33. The second-order valence-electron chi connectivity index (χ2n) is 8.33. The first-order valence-electron chi connectivity index (χ1n) is 11.6. The standard InChI is InChI=1S/C27H30N2O6/c1-32-20-12-6-11-19(17-20)29(27(31)23-15-8-16-35-23)24(26(30)28-18-9-4-5-10-18)21-13-7-14-22(33-2)25(21)34-3/h6-8,11-18,24H,4-5,9-10H2,1-3H3,(H,28,30). The number of furan rings is 1. The average Bonchev–Trinajstić information content (AvgIpc) is 3.61. The van der Waals surface area contributed by atoms with Crippen molar-refractivity contribution in [1.82, 2.24) is 5.32 Å². The SMILES string of the molecule is COc1cccc(N(C(=O)c2ccco2)C(C(=O)NC2CCCC2)c2cccc(OC)c2OC)c1. The summed E-state index contributed by atoms with van der Waals surface area (Å²) in [6, 6.07) is 14.5. The number of nitrogens with zero attached hydrogens (tertiary/aromatic N) is 1. The topological polar surface area (TPSA) is 90.2 Å². The molecule has 1 N–H and O–H groups in total. The number of benzene rings is 2. The molecule has 1 atom stereocenters. The van der Waals surface area contributed by atoms with Gasteiger partial charge in [-0.25, -0.2) is 0 Å². The third kappa shape index (κ3) is 5.11. The molecule has 1 aromatic heterocycles. The Morgan fingerprint density at radius 2 is 1.74 bits per heavy atom. The molecule has 2 amide bonds. The molecule has 1 aliphatic rings. The number of ether oxygens (including phenoxy) is 3. The van der Waals surface area contributed by atoms with Gasteiger partial charge in [0.25, 0.3) is 5.91 Å². The summed E-state index contributed by atoms with van der Waals surface area (Å²) in [5, 5.41) is 3.15. The highest BCUT2D eigenvalue weighted by molar-refractivity contribution is 6.09. The molecular formula is C27H30N2O6. The monoisotopic (exact) mass is 478 g/mol. The molecule has 0 radical (unpaired) electrons. The molecule has 4 rings (SSSR count). The van der Waals surface area contributed by atoms with Gasteiger partial charge in [-0.05, 0) is 43.2 Å². The molecule has 0 aliphatic heterocycles. The number of carbonyl (C=O) groups is 2. The fourth-order valence-corrected chi connectivity index (χ4v) is 4.54. The van der Waals surface area contributed by atoms with Gasteiger partial charge in [-0.3, -0.25) is 14.5 Å². The predicted octanol–water partition coefficient (Wildman–Crippen LogP) is 4.75. The van der Waals surface area contributed by atoms with Crippen molar-refractivity contribution in [2.45, 2.75) is 37.8 Å². The lowest BCUT2D eigenvalue weighted by atomic mass is 10.00. The number of methoxy groups -OCH3 is 3. The fraction of sp³-hybridized carbons (Fsp3) is 0.333. The normalized spacial score (nSPS) is 14.3. The van der Waals surface area contributed by atoms with Crippen LogP contribution in [0.2, 0.25) is 0 Å².